The normalized spacial score (nSPS) is 14.3. The maximum atomic E-state index is 13.6. The quantitative estimate of drug-likeness (QED) is 0.446. The lowest BCUT2D eigenvalue weighted by Crippen LogP contribution is -2.39. The molecule has 0 fully saturated rings. The highest BCUT2D eigenvalue weighted by atomic mass is 19.1. The lowest BCUT2D eigenvalue weighted by atomic mass is 10.1. The molecule has 186 valence electrons. The van der Waals surface area contributed by atoms with Crippen LogP contribution in [0.25, 0.3) is 23.2 Å². The zero-order valence-corrected chi connectivity index (χ0v) is 20.5. The number of benzene rings is 1. The number of aromatic hydroxyl groups is 1. The van der Waals surface area contributed by atoms with E-state index in [1.54, 1.807) is 35.3 Å². The van der Waals surface area contributed by atoms with Crippen LogP contribution in [0.2, 0.25) is 0 Å². The molecule has 10 heteroatoms. The fraction of sp³-hybridized carbons (Fsp3) is 0.185. The Labute approximate surface area is 210 Å². The molecular formula is C27H24FN7O2. The summed E-state index contributed by atoms with van der Waals surface area (Å²) in [6.45, 7) is 2.40. The van der Waals surface area contributed by atoms with E-state index in [1.165, 1.54) is 12.1 Å². The third kappa shape index (κ3) is 3.77. The van der Waals surface area contributed by atoms with Crippen LogP contribution in [0.3, 0.4) is 0 Å². The number of aliphatic imine (C=N–C) groups is 1. The van der Waals surface area contributed by atoms with Crippen molar-refractivity contribution in [3.05, 3.63) is 81.3 Å². The molecule has 0 unspecified atom stereocenters. The molecule has 1 amide bonds. The Morgan fingerprint density at radius 2 is 2.00 bits per heavy atom. The number of fused-ring (bicyclic) bond motifs is 2. The fourth-order valence-corrected chi connectivity index (χ4v) is 4.88. The lowest BCUT2D eigenvalue weighted by Gasteiger charge is -2.25. The van der Waals surface area contributed by atoms with E-state index in [0.29, 0.717) is 40.2 Å². The van der Waals surface area contributed by atoms with Crippen molar-refractivity contribution >= 4 is 29.7 Å². The molecule has 3 aromatic heterocycles. The van der Waals surface area contributed by atoms with Crippen LogP contribution >= 0.6 is 0 Å². The van der Waals surface area contributed by atoms with E-state index in [4.69, 9.17) is 4.99 Å². The molecule has 0 radical (unpaired) electrons. The predicted molar refractivity (Wildman–Crippen MR) is 138 cm³/mol. The molecular weight excluding hydrogens is 473 g/mol. The smallest absolute Gasteiger partial charge is 0.252 e. The average Bonchev–Trinajstić information content (AvgIpc) is 3.28. The van der Waals surface area contributed by atoms with Crippen LogP contribution in [0.4, 0.5) is 10.1 Å². The maximum Gasteiger partial charge on any atom is 0.252 e. The second-order valence-corrected chi connectivity index (χ2v) is 9.17. The summed E-state index contributed by atoms with van der Waals surface area (Å²) in [5, 5.41) is 17.3. The van der Waals surface area contributed by atoms with Gasteiger partial charge < -0.3 is 19.6 Å². The van der Waals surface area contributed by atoms with Crippen LogP contribution in [-0.2, 0) is 25.3 Å². The molecule has 37 heavy (non-hydrogen) atoms. The lowest BCUT2D eigenvalue weighted by molar-refractivity contribution is -0.117. The van der Waals surface area contributed by atoms with E-state index in [2.05, 4.69) is 15.1 Å². The van der Waals surface area contributed by atoms with Gasteiger partial charge in [-0.25, -0.2) is 14.4 Å². The predicted octanol–water partition coefficient (Wildman–Crippen LogP) is 1.38. The minimum absolute atomic E-state index is 0.00510. The molecule has 4 aromatic rings. The molecule has 1 aromatic carbocycles. The van der Waals surface area contributed by atoms with Crippen molar-refractivity contribution < 1.29 is 14.3 Å². The molecule has 0 saturated heterocycles. The van der Waals surface area contributed by atoms with Crippen LogP contribution in [0.1, 0.15) is 17.0 Å². The first kappa shape index (κ1) is 22.7. The van der Waals surface area contributed by atoms with E-state index in [9.17, 15) is 14.3 Å². The van der Waals surface area contributed by atoms with Crippen LogP contribution < -0.4 is 20.8 Å². The molecule has 0 spiro atoms. The van der Waals surface area contributed by atoms with Crippen molar-refractivity contribution in [2.75, 3.05) is 11.4 Å². The van der Waals surface area contributed by atoms with Crippen molar-refractivity contribution in [1.29, 1.82) is 0 Å². The largest absolute Gasteiger partial charge is 0.494 e. The number of anilines is 1. The van der Waals surface area contributed by atoms with Gasteiger partial charge in [-0.1, -0.05) is 0 Å². The molecule has 0 saturated carbocycles. The Hall–Kier alpha value is -4.73. The number of aromatic nitrogens is 4. The van der Waals surface area contributed by atoms with Crippen LogP contribution in [0.15, 0.2) is 52.6 Å². The number of rotatable bonds is 3. The highest BCUT2D eigenvalue weighted by Crippen LogP contribution is 2.30. The van der Waals surface area contributed by atoms with Crippen molar-refractivity contribution in [1.82, 2.24) is 19.3 Å². The van der Waals surface area contributed by atoms with Crippen LogP contribution in [0, 0.1) is 12.7 Å². The minimum Gasteiger partial charge on any atom is -0.494 e. The summed E-state index contributed by atoms with van der Waals surface area (Å²) in [5.74, 6) is -0.0561. The summed E-state index contributed by atoms with van der Waals surface area (Å²) in [7, 11) is 3.69. The topological polar surface area (TPSA) is 104 Å². The molecule has 6 rings (SSSR count). The molecule has 0 bridgehead atoms. The summed E-state index contributed by atoms with van der Waals surface area (Å²) in [5.41, 5.74) is 4.21. The van der Waals surface area contributed by atoms with Gasteiger partial charge in [-0.3, -0.25) is 9.48 Å². The number of nitrogens with zero attached hydrogens (tertiary/aromatic N) is 6. The Kier molecular flexibility index (Phi) is 5.18. The summed E-state index contributed by atoms with van der Waals surface area (Å²) >= 11 is 0. The monoisotopic (exact) mass is 497 g/mol. The van der Waals surface area contributed by atoms with E-state index in [-0.39, 0.29) is 24.0 Å². The highest BCUT2D eigenvalue weighted by Gasteiger charge is 2.26. The molecule has 5 heterocycles. The number of pyridine rings is 1. The summed E-state index contributed by atoms with van der Waals surface area (Å²) < 4.78 is 17.2. The molecule has 0 atom stereocenters. The number of carbonyl (C=O) groups excluding carboxylic acids is 1. The van der Waals surface area contributed by atoms with E-state index in [0.717, 1.165) is 21.9 Å². The second-order valence-electron chi connectivity index (χ2n) is 9.17. The number of hydrogen-bond acceptors (Lipinski definition) is 5. The number of H-pyrrole nitrogens is 1. The molecule has 2 N–H and O–H groups in total. The third-order valence-corrected chi connectivity index (χ3v) is 6.74. The first-order valence-corrected chi connectivity index (χ1v) is 11.8. The Balaban J connectivity index is 1.52. The van der Waals surface area contributed by atoms with Gasteiger partial charge in [-0.2, -0.15) is 5.10 Å². The number of nitrogens with one attached hydrogen (secondary N) is 1. The first-order valence-electron chi connectivity index (χ1n) is 11.8. The van der Waals surface area contributed by atoms with E-state index >= 15 is 0 Å². The second kappa shape index (κ2) is 8.44. The fourth-order valence-electron chi connectivity index (χ4n) is 4.88. The Bertz CT molecular complexity index is 1790. The summed E-state index contributed by atoms with van der Waals surface area (Å²) in [4.78, 5) is 27.1. The summed E-state index contributed by atoms with van der Waals surface area (Å²) in [6, 6.07) is 9.82. The number of amides is 1. The van der Waals surface area contributed by atoms with Crippen molar-refractivity contribution in [3.63, 3.8) is 0 Å². The molecule has 0 aliphatic carbocycles. The van der Waals surface area contributed by atoms with Gasteiger partial charge in [0.05, 0.1) is 39.3 Å². The highest BCUT2D eigenvalue weighted by molar-refractivity contribution is 5.97. The zero-order chi connectivity index (χ0) is 25.8. The minimum atomic E-state index is -0.333. The zero-order valence-electron chi connectivity index (χ0n) is 20.5. The average molecular weight is 498 g/mol. The van der Waals surface area contributed by atoms with Crippen molar-refractivity contribution in [2.45, 2.75) is 13.3 Å². The summed E-state index contributed by atoms with van der Waals surface area (Å²) in [6.07, 6.45) is 5.51. The Morgan fingerprint density at radius 3 is 2.73 bits per heavy atom. The first-order chi connectivity index (χ1) is 17.8. The van der Waals surface area contributed by atoms with Gasteiger partial charge >= 0.3 is 0 Å². The van der Waals surface area contributed by atoms with Gasteiger partial charge in [-0.05, 0) is 49.4 Å². The maximum absolute atomic E-state index is 13.6. The van der Waals surface area contributed by atoms with Gasteiger partial charge in [0, 0.05) is 50.0 Å². The number of aryl methyl sites for hydroxylation is 3. The van der Waals surface area contributed by atoms with Crippen LogP contribution in [0.5, 0.6) is 5.88 Å². The SMILES string of the molecule is Cc1cc(CC(=O)N=c2ccn(C)c3c2C=NC2=c4c-3c(O)[nH]c4=CCN2c2ccc(F)cc2)nn1C. The van der Waals surface area contributed by atoms with Gasteiger partial charge in [0.2, 0.25) is 0 Å². The van der Waals surface area contributed by atoms with Gasteiger partial charge in [-0.15, -0.1) is 0 Å². The Morgan fingerprint density at radius 1 is 1.22 bits per heavy atom. The van der Waals surface area contributed by atoms with Gasteiger partial charge in [0.15, 0.2) is 5.88 Å². The number of halogens is 1. The number of hydrogen-bond donors (Lipinski definition) is 2. The van der Waals surface area contributed by atoms with E-state index < -0.39 is 0 Å². The third-order valence-electron chi connectivity index (χ3n) is 6.74. The van der Waals surface area contributed by atoms with Crippen molar-refractivity contribution in [3.8, 4) is 17.1 Å². The molecule has 2 aliphatic heterocycles. The molecule has 2 aliphatic rings. The van der Waals surface area contributed by atoms with Crippen LogP contribution in [-0.4, -0.2) is 43.1 Å². The number of aromatic amines is 1. The van der Waals surface area contributed by atoms with Gasteiger partial charge in [0.1, 0.15) is 11.6 Å². The van der Waals surface area contributed by atoms with Gasteiger partial charge in [0.25, 0.3) is 5.91 Å². The van der Waals surface area contributed by atoms with Crippen molar-refractivity contribution in [2.24, 2.45) is 24.1 Å². The van der Waals surface area contributed by atoms with E-state index in [1.807, 2.05) is 42.6 Å². The number of carbonyl (C=O) groups is 1. The standard InChI is InChI=1S/C27H24FN7O2/c1-15-12-17(32-34(15)3)13-22(36)30-20-8-10-33(2)25-19(20)14-29-26-23-21(31-27(37)24(23)25)9-11-35(26)18-6-4-16(28)5-7-18/h4-10,12,14,31,37H,11,13H2,1-3H3. The molecule has 9 nitrogen and oxygen atoms in total.